The number of anilines is 1. The van der Waals surface area contributed by atoms with Crippen molar-refractivity contribution < 1.29 is 0 Å². The number of nitrogens with zero attached hydrogens (tertiary/aromatic N) is 4. The topological polar surface area (TPSA) is 87.9 Å². The molecule has 2 unspecified atom stereocenters. The summed E-state index contributed by atoms with van der Waals surface area (Å²) in [5, 5.41) is 9.35. The number of allylic oxidation sites excluding steroid dienone is 4. The third-order valence-electron chi connectivity index (χ3n) is 4.52. The molecule has 0 radical (unpaired) electrons. The normalized spacial score (nSPS) is 26.4. The SMILES string of the molecule is N#CC1C=CC=CC1Cn1c(N2CCC[C@@H](N)C2)ncc(I)c1=O. The third-order valence-corrected chi connectivity index (χ3v) is 5.26. The van der Waals surface area contributed by atoms with E-state index >= 15 is 0 Å². The smallest absolute Gasteiger partial charge is 0.268 e. The molecule has 1 aliphatic carbocycles. The largest absolute Gasteiger partial charge is 0.341 e. The van der Waals surface area contributed by atoms with Gasteiger partial charge >= 0.3 is 0 Å². The first-order valence-corrected chi connectivity index (χ1v) is 9.18. The van der Waals surface area contributed by atoms with Crippen molar-refractivity contribution >= 4 is 28.5 Å². The van der Waals surface area contributed by atoms with E-state index in [9.17, 15) is 10.1 Å². The molecule has 2 heterocycles. The average molecular weight is 437 g/mol. The van der Waals surface area contributed by atoms with Gasteiger partial charge in [0, 0.05) is 37.8 Å². The zero-order valence-electron chi connectivity index (χ0n) is 13.3. The quantitative estimate of drug-likeness (QED) is 0.727. The second-order valence-corrected chi connectivity index (χ2v) is 7.42. The van der Waals surface area contributed by atoms with Gasteiger partial charge in [-0.2, -0.15) is 5.26 Å². The number of aromatic nitrogens is 2. The summed E-state index contributed by atoms with van der Waals surface area (Å²) in [4.78, 5) is 19.3. The van der Waals surface area contributed by atoms with Crippen LogP contribution in [-0.2, 0) is 6.54 Å². The first-order chi connectivity index (χ1) is 11.6. The van der Waals surface area contributed by atoms with E-state index in [-0.39, 0.29) is 23.4 Å². The van der Waals surface area contributed by atoms with E-state index in [2.05, 4.69) is 16.0 Å². The molecule has 24 heavy (non-hydrogen) atoms. The summed E-state index contributed by atoms with van der Waals surface area (Å²) in [5.41, 5.74) is 6.03. The van der Waals surface area contributed by atoms with Crippen molar-refractivity contribution in [2.75, 3.05) is 18.0 Å². The van der Waals surface area contributed by atoms with Gasteiger partial charge in [0.25, 0.3) is 5.56 Å². The van der Waals surface area contributed by atoms with Crippen LogP contribution in [0.1, 0.15) is 12.8 Å². The Bertz CT molecular complexity index is 763. The third kappa shape index (κ3) is 3.54. The molecular weight excluding hydrogens is 417 g/mol. The molecular formula is C17H20IN5O. The molecule has 0 aromatic carbocycles. The Balaban J connectivity index is 1.95. The lowest BCUT2D eigenvalue weighted by molar-refractivity contribution is 0.441. The monoisotopic (exact) mass is 437 g/mol. The van der Waals surface area contributed by atoms with Crippen LogP contribution in [0.15, 0.2) is 35.3 Å². The number of hydrogen-bond acceptors (Lipinski definition) is 5. The van der Waals surface area contributed by atoms with E-state index in [4.69, 9.17) is 5.73 Å². The van der Waals surface area contributed by atoms with E-state index < -0.39 is 0 Å². The number of piperidine rings is 1. The number of hydrogen-bond donors (Lipinski definition) is 1. The van der Waals surface area contributed by atoms with Gasteiger partial charge < -0.3 is 10.6 Å². The van der Waals surface area contributed by atoms with Crippen LogP contribution in [0.2, 0.25) is 0 Å². The van der Waals surface area contributed by atoms with Crippen molar-refractivity contribution in [2.24, 2.45) is 17.6 Å². The lowest BCUT2D eigenvalue weighted by Crippen LogP contribution is -2.46. The Kier molecular flexibility index (Phi) is 5.36. The van der Waals surface area contributed by atoms with Gasteiger partial charge in [0.05, 0.1) is 15.6 Å². The van der Waals surface area contributed by atoms with Crippen molar-refractivity contribution in [1.82, 2.24) is 9.55 Å². The van der Waals surface area contributed by atoms with E-state index in [0.717, 1.165) is 19.4 Å². The Morgan fingerprint density at radius 1 is 1.42 bits per heavy atom. The Hall–Kier alpha value is -1.66. The molecule has 1 aromatic heterocycles. The van der Waals surface area contributed by atoms with Gasteiger partial charge in [-0.3, -0.25) is 9.36 Å². The minimum Gasteiger partial charge on any atom is -0.341 e. The maximum Gasteiger partial charge on any atom is 0.268 e. The molecule has 126 valence electrons. The van der Waals surface area contributed by atoms with Gasteiger partial charge in [-0.1, -0.05) is 24.3 Å². The summed E-state index contributed by atoms with van der Waals surface area (Å²) < 4.78 is 2.29. The molecule has 3 rings (SSSR count). The fraction of sp³-hybridized carbons (Fsp3) is 0.471. The number of rotatable bonds is 3. The highest BCUT2D eigenvalue weighted by Crippen LogP contribution is 2.23. The molecule has 7 heteroatoms. The standard InChI is InChI=1S/C17H20IN5O/c18-15-9-21-17(22-7-3-6-14(20)11-22)23(16(15)24)10-13-5-2-1-4-12(13)8-19/h1-2,4-5,9,12-14H,3,6-7,10-11,20H2/t12?,13?,14-/m1/s1. The maximum atomic E-state index is 12.7. The van der Waals surface area contributed by atoms with Crippen molar-refractivity contribution in [3.8, 4) is 6.07 Å². The van der Waals surface area contributed by atoms with Gasteiger partial charge in [-0.05, 0) is 35.4 Å². The van der Waals surface area contributed by atoms with Crippen molar-refractivity contribution in [3.05, 3.63) is 44.4 Å². The molecule has 1 saturated heterocycles. The minimum atomic E-state index is -0.226. The van der Waals surface area contributed by atoms with Crippen LogP contribution in [0.5, 0.6) is 0 Å². The second-order valence-electron chi connectivity index (χ2n) is 6.26. The number of halogens is 1. The molecule has 0 spiro atoms. The van der Waals surface area contributed by atoms with E-state index in [1.807, 2.05) is 46.9 Å². The average Bonchev–Trinajstić information content (AvgIpc) is 2.59. The second kappa shape index (κ2) is 7.49. The summed E-state index contributed by atoms with van der Waals surface area (Å²) >= 11 is 2.01. The van der Waals surface area contributed by atoms with E-state index in [0.29, 0.717) is 22.6 Å². The first-order valence-electron chi connectivity index (χ1n) is 8.10. The molecule has 1 aliphatic heterocycles. The van der Waals surface area contributed by atoms with Gasteiger partial charge in [-0.15, -0.1) is 0 Å². The zero-order chi connectivity index (χ0) is 17.1. The van der Waals surface area contributed by atoms with Crippen LogP contribution in [-0.4, -0.2) is 28.7 Å². The summed E-state index contributed by atoms with van der Waals surface area (Å²) in [6.45, 7) is 2.00. The van der Waals surface area contributed by atoms with Gasteiger partial charge in [0.2, 0.25) is 5.95 Å². The fourth-order valence-corrected chi connectivity index (χ4v) is 3.68. The fourth-order valence-electron chi connectivity index (χ4n) is 3.24. The summed E-state index contributed by atoms with van der Waals surface area (Å²) in [7, 11) is 0. The molecule has 0 bridgehead atoms. The predicted octanol–water partition coefficient (Wildman–Crippen LogP) is 1.66. The van der Waals surface area contributed by atoms with Gasteiger partial charge in [0.15, 0.2) is 0 Å². The van der Waals surface area contributed by atoms with Crippen LogP contribution < -0.4 is 16.2 Å². The summed E-state index contributed by atoms with van der Waals surface area (Å²) in [6.07, 6.45) is 11.3. The molecule has 3 atom stereocenters. The number of nitrogens with two attached hydrogens (primary N) is 1. The van der Waals surface area contributed by atoms with Crippen LogP contribution in [0, 0.1) is 26.7 Å². The molecule has 1 aromatic rings. The summed E-state index contributed by atoms with van der Waals surface area (Å²) in [5.74, 6) is 0.404. The molecule has 0 amide bonds. The van der Waals surface area contributed by atoms with Crippen LogP contribution in [0.4, 0.5) is 5.95 Å². The van der Waals surface area contributed by atoms with Crippen molar-refractivity contribution in [2.45, 2.75) is 25.4 Å². The lowest BCUT2D eigenvalue weighted by Gasteiger charge is -2.33. The molecule has 0 saturated carbocycles. The molecule has 1 fully saturated rings. The van der Waals surface area contributed by atoms with E-state index in [1.165, 1.54) is 0 Å². The van der Waals surface area contributed by atoms with Crippen LogP contribution >= 0.6 is 22.6 Å². The highest BCUT2D eigenvalue weighted by Gasteiger charge is 2.25. The van der Waals surface area contributed by atoms with Gasteiger partial charge in [-0.25, -0.2) is 4.98 Å². The van der Waals surface area contributed by atoms with Crippen molar-refractivity contribution in [1.29, 1.82) is 5.26 Å². The minimum absolute atomic E-state index is 0.0325. The van der Waals surface area contributed by atoms with Crippen LogP contribution in [0.3, 0.4) is 0 Å². The molecule has 6 nitrogen and oxygen atoms in total. The predicted molar refractivity (Wildman–Crippen MR) is 102 cm³/mol. The Labute approximate surface area is 154 Å². The zero-order valence-corrected chi connectivity index (χ0v) is 15.5. The van der Waals surface area contributed by atoms with Gasteiger partial charge in [0.1, 0.15) is 0 Å². The Morgan fingerprint density at radius 2 is 2.21 bits per heavy atom. The highest BCUT2D eigenvalue weighted by molar-refractivity contribution is 14.1. The molecule has 2 aliphatic rings. The number of nitriles is 1. The van der Waals surface area contributed by atoms with E-state index in [1.54, 1.807) is 10.8 Å². The Morgan fingerprint density at radius 3 is 2.96 bits per heavy atom. The first kappa shape index (κ1) is 17.2. The lowest BCUT2D eigenvalue weighted by atomic mass is 9.89. The molecule has 2 N–H and O–H groups in total. The van der Waals surface area contributed by atoms with Crippen molar-refractivity contribution in [3.63, 3.8) is 0 Å². The van der Waals surface area contributed by atoms with Crippen LogP contribution in [0.25, 0.3) is 0 Å². The summed E-state index contributed by atoms with van der Waals surface area (Å²) in [6, 6.07) is 2.41. The highest BCUT2D eigenvalue weighted by atomic mass is 127. The maximum absolute atomic E-state index is 12.7.